The number of carboxylic acids is 3. The molecule has 0 saturated carbocycles. The minimum absolute atomic E-state index is 0.0214. The standard InChI is InChI=1S/C67H99N17O18S/c1-39(2)27-50(64(98)76-49(60(70)94)17-26-103-6)78-65(99)52(29-44-30-71-38-73-44)75-55(87)31-72-66(100)59(40(3)4)79-61(95)41(5)74-63(97)51(28-43-32-84(53-10-8-7-9-47(43)53)67(101)48(68)15-16-54(69)86)77-62(96)42-11-13-46(14-12-42)102-37-45(85)33-80-18-20-81(34-56(88)89)22-24-83(36-58(92)93)25-23-82(21-19-80)35-57(90)91/h7-14,30,32,38-41,45,48-52,59,85H,15-29,31,33-37,68H2,1-6H3,(H2,69,86)(H2,70,94)(H,71,73)(H,72,100)(H,74,97)(H,75,87)(H,76,98)(H,77,96)(H,78,99)(H,79,95)(H,88,89)(H,90,91)(H,92,93)/t41-,45?,48-,49-,50-,51-,52-,59-/m0/s1. The maximum Gasteiger partial charge on any atom is 0.317 e. The molecule has 103 heavy (non-hydrogen) atoms. The van der Waals surface area contributed by atoms with E-state index in [4.69, 9.17) is 21.9 Å². The molecule has 1 aliphatic heterocycles. The summed E-state index contributed by atoms with van der Waals surface area (Å²) in [5.74, 6) is -10.9. The van der Waals surface area contributed by atoms with E-state index in [1.807, 2.05) is 25.0 Å². The third-order valence-corrected chi connectivity index (χ3v) is 17.4. The molecular formula is C67H99N17O18S. The number of hydrogen-bond donors (Lipinski definition) is 15. The molecule has 9 amide bonds. The molecule has 566 valence electrons. The average molecular weight is 1460 g/mol. The Hall–Kier alpha value is -9.59. The number of rotatable bonds is 40. The van der Waals surface area contributed by atoms with Crippen LogP contribution in [0.5, 0.6) is 5.75 Å². The Morgan fingerprint density at radius 1 is 0.641 bits per heavy atom. The van der Waals surface area contributed by atoms with Gasteiger partial charge in [-0.15, -0.1) is 0 Å². The first kappa shape index (κ1) is 84.1. The quantitative estimate of drug-likeness (QED) is 0.0210. The van der Waals surface area contributed by atoms with Crippen molar-refractivity contribution in [2.45, 2.75) is 122 Å². The number of H-pyrrole nitrogens is 1. The predicted molar refractivity (Wildman–Crippen MR) is 378 cm³/mol. The number of para-hydroxylation sites is 1. The number of aliphatic carboxylic acids is 3. The van der Waals surface area contributed by atoms with Crippen LogP contribution in [0.1, 0.15) is 86.7 Å². The zero-order valence-corrected chi connectivity index (χ0v) is 59.6. The van der Waals surface area contributed by atoms with Crippen molar-refractivity contribution in [1.82, 2.24) is 71.4 Å². The number of imidazole rings is 1. The normalized spacial score (nSPS) is 16.0. The number of primary amides is 2. The second-order valence-corrected chi connectivity index (χ2v) is 27.0. The number of nitrogens with one attached hydrogen (secondary N) is 8. The number of aliphatic hydroxyl groups is 1. The Labute approximate surface area is 600 Å². The molecule has 8 atom stereocenters. The van der Waals surface area contributed by atoms with Gasteiger partial charge in [-0.2, -0.15) is 11.8 Å². The van der Waals surface area contributed by atoms with Gasteiger partial charge in [-0.25, -0.2) is 4.98 Å². The topological polar surface area (TPSA) is 521 Å². The van der Waals surface area contributed by atoms with Crippen molar-refractivity contribution in [3.05, 3.63) is 84.1 Å². The minimum atomic E-state index is -1.49. The molecule has 5 rings (SSSR count). The largest absolute Gasteiger partial charge is 0.491 e. The summed E-state index contributed by atoms with van der Waals surface area (Å²) < 4.78 is 7.20. The molecule has 1 fully saturated rings. The van der Waals surface area contributed by atoms with Crippen LogP contribution in [-0.4, -0.2) is 284 Å². The molecule has 1 unspecified atom stereocenters. The first-order valence-corrected chi connectivity index (χ1v) is 35.2. The number of carbonyl (C=O) groups excluding carboxylic acids is 10. The molecule has 2 aromatic heterocycles. The van der Waals surface area contributed by atoms with Crippen molar-refractivity contribution in [2.24, 2.45) is 29.0 Å². The van der Waals surface area contributed by atoms with Gasteiger partial charge < -0.3 is 84.6 Å². The Balaban J connectivity index is 1.30. The number of hydrogen-bond acceptors (Lipinski definition) is 22. The van der Waals surface area contributed by atoms with Gasteiger partial charge in [0.25, 0.3) is 5.91 Å². The number of benzene rings is 2. The summed E-state index contributed by atoms with van der Waals surface area (Å²) in [6.45, 7) is 8.09. The number of amides is 9. The molecule has 1 aliphatic rings. The molecule has 0 bridgehead atoms. The highest BCUT2D eigenvalue weighted by Crippen LogP contribution is 2.24. The van der Waals surface area contributed by atoms with Gasteiger partial charge in [0.05, 0.1) is 44.1 Å². The molecule has 0 aliphatic carbocycles. The highest BCUT2D eigenvalue weighted by Gasteiger charge is 2.34. The van der Waals surface area contributed by atoms with Crippen LogP contribution >= 0.6 is 11.8 Å². The van der Waals surface area contributed by atoms with Gasteiger partial charge in [0, 0.05) is 107 Å². The number of nitrogens with zero attached hydrogens (tertiary/aromatic N) is 6. The summed E-state index contributed by atoms with van der Waals surface area (Å²) in [7, 11) is 0. The van der Waals surface area contributed by atoms with Crippen molar-refractivity contribution in [1.29, 1.82) is 0 Å². The van der Waals surface area contributed by atoms with E-state index in [0.717, 1.165) is 0 Å². The molecule has 36 heteroatoms. The summed E-state index contributed by atoms with van der Waals surface area (Å²) in [5, 5.41) is 58.9. The van der Waals surface area contributed by atoms with Gasteiger partial charge in [0.2, 0.25) is 53.2 Å². The van der Waals surface area contributed by atoms with Crippen LogP contribution in [0.4, 0.5) is 0 Å². The molecule has 3 heterocycles. The third-order valence-electron chi connectivity index (χ3n) is 16.8. The van der Waals surface area contributed by atoms with Crippen LogP contribution in [0, 0.1) is 11.8 Å². The van der Waals surface area contributed by atoms with Gasteiger partial charge in [-0.3, -0.25) is 86.5 Å². The highest BCUT2D eigenvalue weighted by molar-refractivity contribution is 7.98. The SMILES string of the molecule is CSCC[C@H](NC(=O)[C@H](CC(C)C)NC(=O)[C@H](Cc1cnc[nH]1)NC(=O)CNC(=O)[C@@H](NC(=O)[C@H](C)NC(=O)[C@H](Cc1cn(C(=O)[C@@H](N)CCC(N)=O)c2ccccc12)NC(=O)c1ccc(OCC(O)CN2CCN(CC(=O)O)CCN(CC(=O)O)CCN(CC(=O)O)CC2)cc1)C(C)C)C(N)=O. The summed E-state index contributed by atoms with van der Waals surface area (Å²) in [5.41, 5.74) is 18.4. The Morgan fingerprint density at radius 2 is 1.19 bits per heavy atom. The van der Waals surface area contributed by atoms with Gasteiger partial charge in [-0.05, 0) is 85.9 Å². The first-order valence-electron chi connectivity index (χ1n) is 33.8. The second kappa shape index (κ2) is 42.1. The molecule has 18 N–H and O–H groups in total. The maximum atomic E-state index is 14.6. The van der Waals surface area contributed by atoms with Gasteiger partial charge in [0.15, 0.2) is 0 Å². The highest BCUT2D eigenvalue weighted by atomic mass is 32.2. The number of carbonyl (C=O) groups is 13. The van der Waals surface area contributed by atoms with Crippen LogP contribution in [0.3, 0.4) is 0 Å². The summed E-state index contributed by atoms with van der Waals surface area (Å²) in [6.07, 6.45) is 4.69. The minimum Gasteiger partial charge on any atom is -0.491 e. The van der Waals surface area contributed by atoms with E-state index in [1.165, 1.54) is 66.2 Å². The zero-order chi connectivity index (χ0) is 76.0. The lowest BCUT2D eigenvalue weighted by molar-refractivity contribution is -0.140. The molecular weight excluding hydrogens is 1360 g/mol. The van der Waals surface area contributed by atoms with Gasteiger partial charge in [-0.1, -0.05) is 45.9 Å². The zero-order valence-electron chi connectivity index (χ0n) is 58.8. The Bertz CT molecular complexity index is 3510. The van der Waals surface area contributed by atoms with E-state index in [9.17, 15) is 82.8 Å². The number of aliphatic hydroxyl groups excluding tert-OH is 1. The number of fused-ring (bicyclic) bond motifs is 1. The number of thioether (sulfide) groups is 1. The fourth-order valence-electron chi connectivity index (χ4n) is 11.2. The van der Waals surface area contributed by atoms with Crippen LogP contribution < -0.4 is 59.2 Å². The van der Waals surface area contributed by atoms with E-state index < -0.39 is 138 Å². The first-order chi connectivity index (χ1) is 48.8. The van der Waals surface area contributed by atoms with Crippen LogP contribution in [0.25, 0.3) is 10.9 Å². The molecule has 0 radical (unpaired) electrons. The third kappa shape index (κ3) is 29.0. The molecule has 0 spiro atoms. The van der Waals surface area contributed by atoms with Gasteiger partial charge in [0.1, 0.15) is 54.7 Å². The molecule has 2 aromatic carbocycles. The van der Waals surface area contributed by atoms with E-state index in [2.05, 4.69) is 47.2 Å². The van der Waals surface area contributed by atoms with Crippen molar-refractivity contribution in [2.75, 3.05) is 104 Å². The maximum absolute atomic E-state index is 14.6. The van der Waals surface area contributed by atoms with Crippen molar-refractivity contribution in [3.63, 3.8) is 0 Å². The van der Waals surface area contributed by atoms with E-state index in [0.29, 0.717) is 27.9 Å². The number of ether oxygens (including phenoxy) is 1. The van der Waals surface area contributed by atoms with E-state index >= 15 is 0 Å². The fourth-order valence-corrected chi connectivity index (χ4v) is 11.7. The summed E-state index contributed by atoms with van der Waals surface area (Å²) >= 11 is 1.45. The number of nitrogens with two attached hydrogens (primary N) is 3. The number of β-amino-alcohol motifs (C(OH)–C–C–N with tert-alkyl or cyclic N) is 1. The number of aromatic nitrogens is 3. The second-order valence-electron chi connectivity index (χ2n) is 26.0. The lowest BCUT2D eigenvalue weighted by Crippen LogP contribution is -2.59. The smallest absolute Gasteiger partial charge is 0.317 e. The van der Waals surface area contributed by atoms with Crippen molar-refractivity contribution in [3.8, 4) is 5.75 Å². The monoisotopic (exact) mass is 1460 g/mol. The average Bonchev–Trinajstić information content (AvgIpc) is 1.64. The van der Waals surface area contributed by atoms with Gasteiger partial charge >= 0.3 is 17.9 Å². The Morgan fingerprint density at radius 3 is 1.73 bits per heavy atom. The lowest BCUT2D eigenvalue weighted by Gasteiger charge is -2.33. The predicted octanol–water partition coefficient (Wildman–Crippen LogP) is -3.10. The molecule has 1 saturated heterocycles. The summed E-state index contributed by atoms with van der Waals surface area (Å²) in [6, 6.07) is 3.52. The van der Waals surface area contributed by atoms with Crippen molar-refractivity contribution >= 4 is 99.6 Å². The number of aromatic amines is 1. The van der Waals surface area contributed by atoms with E-state index in [1.54, 1.807) is 52.8 Å². The lowest BCUT2D eigenvalue weighted by atomic mass is 10.0. The Kier molecular flexibility index (Phi) is 34.4. The molecule has 35 nitrogen and oxygen atoms in total. The van der Waals surface area contributed by atoms with E-state index in [-0.39, 0.29) is 141 Å². The van der Waals surface area contributed by atoms with Crippen molar-refractivity contribution < 1.29 is 87.5 Å². The van der Waals surface area contributed by atoms with Crippen LogP contribution in [0.15, 0.2) is 67.3 Å². The van der Waals surface area contributed by atoms with Crippen LogP contribution in [0.2, 0.25) is 0 Å². The van der Waals surface area contributed by atoms with Crippen LogP contribution in [-0.2, 0) is 65.6 Å². The fraction of sp³-hybridized carbons (Fsp3) is 0.552. The molecule has 4 aromatic rings. The number of carboxylic acid groups (broad SMARTS) is 3. The summed E-state index contributed by atoms with van der Waals surface area (Å²) in [4.78, 5) is 184.